The SMILES string of the molecule is CCOCCOC1=CC(c2ccccc2)(c2ccccc2)Oc2c1c1c(c3cc(OC)c(OC)cc23)-c2ccccc2C1(C)OCCO. The highest BCUT2D eigenvalue weighted by Gasteiger charge is 2.49. The zero-order valence-electron chi connectivity index (χ0n) is 27.7. The average molecular weight is 645 g/mol. The van der Waals surface area contributed by atoms with Gasteiger partial charge in [0.15, 0.2) is 17.1 Å². The van der Waals surface area contributed by atoms with Gasteiger partial charge in [-0.05, 0) is 48.1 Å². The van der Waals surface area contributed by atoms with Crippen LogP contribution in [0.5, 0.6) is 17.2 Å². The van der Waals surface area contributed by atoms with Gasteiger partial charge in [-0.1, -0.05) is 84.9 Å². The zero-order chi connectivity index (χ0) is 33.3. The number of rotatable bonds is 12. The van der Waals surface area contributed by atoms with Gasteiger partial charge in [0.05, 0.1) is 39.6 Å². The van der Waals surface area contributed by atoms with E-state index in [1.54, 1.807) is 14.2 Å². The molecular weight excluding hydrogens is 604 g/mol. The summed E-state index contributed by atoms with van der Waals surface area (Å²) in [5, 5.41) is 11.8. The van der Waals surface area contributed by atoms with Crippen LogP contribution < -0.4 is 14.2 Å². The van der Waals surface area contributed by atoms with Crippen molar-refractivity contribution in [2.45, 2.75) is 25.0 Å². The molecule has 0 spiro atoms. The maximum absolute atomic E-state index is 9.98. The molecule has 0 saturated carbocycles. The fourth-order valence-corrected chi connectivity index (χ4v) is 7.27. The molecule has 7 nitrogen and oxygen atoms in total. The monoisotopic (exact) mass is 644 g/mol. The van der Waals surface area contributed by atoms with E-state index in [0.717, 1.165) is 49.7 Å². The highest BCUT2D eigenvalue weighted by molar-refractivity contribution is 6.10. The normalized spacial score (nSPS) is 17.1. The van der Waals surface area contributed by atoms with Crippen LogP contribution in [-0.2, 0) is 25.4 Å². The molecule has 1 aliphatic heterocycles. The standard InChI is InChI=1S/C41H40O7/c1-5-45-22-23-46-35-26-41(27-14-8-6-9-15-27,28-16-10-7-11-17-28)48-39-31-25-34(44-4)33(43-3)24-30(31)36-29-18-12-13-19-32(29)40(2,47-21-20-42)38(36)37(35)39/h6-19,24-26,42H,5,20-23H2,1-4H3. The molecule has 7 heteroatoms. The molecule has 0 bridgehead atoms. The number of fused-ring (bicyclic) bond motifs is 8. The van der Waals surface area contributed by atoms with E-state index in [0.29, 0.717) is 42.8 Å². The lowest BCUT2D eigenvalue weighted by Gasteiger charge is -2.40. The number of hydrogen-bond acceptors (Lipinski definition) is 7. The first-order chi connectivity index (χ1) is 23.5. The number of aliphatic hydroxyl groups is 1. The molecule has 0 aromatic heterocycles. The lowest BCUT2D eigenvalue weighted by molar-refractivity contribution is -0.0191. The molecule has 0 fully saturated rings. The van der Waals surface area contributed by atoms with Gasteiger partial charge in [-0.2, -0.15) is 0 Å². The fourth-order valence-electron chi connectivity index (χ4n) is 7.27. The number of hydrogen-bond donors (Lipinski definition) is 1. The molecule has 1 aliphatic carbocycles. The summed E-state index contributed by atoms with van der Waals surface area (Å²) >= 11 is 0. The Hall–Kier alpha value is -4.82. The van der Waals surface area contributed by atoms with E-state index in [-0.39, 0.29) is 13.2 Å². The smallest absolute Gasteiger partial charge is 0.181 e. The van der Waals surface area contributed by atoms with Crippen molar-refractivity contribution in [1.29, 1.82) is 0 Å². The second-order valence-corrected chi connectivity index (χ2v) is 12.0. The Labute approximate surface area is 281 Å². The van der Waals surface area contributed by atoms with Gasteiger partial charge >= 0.3 is 0 Å². The minimum Gasteiger partial charge on any atom is -0.493 e. The number of benzene rings is 5. The van der Waals surface area contributed by atoms with Gasteiger partial charge in [0.1, 0.15) is 23.7 Å². The summed E-state index contributed by atoms with van der Waals surface area (Å²) in [7, 11) is 3.28. The number of aliphatic hydroxyl groups excluding tert-OH is 1. The Bertz CT molecular complexity index is 1930. The van der Waals surface area contributed by atoms with Crippen molar-refractivity contribution in [2.24, 2.45) is 0 Å². The average Bonchev–Trinajstić information content (AvgIpc) is 3.40. The van der Waals surface area contributed by atoms with Crippen LogP contribution in [0.4, 0.5) is 0 Å². The van der Waals surface area contributed by atoms with Gasteiger partial charge < -0.3 is 33.5 Å². The van der Waals surface area contributed by atoms with Crippen molar-refractivity contribution >= 4 is 16.5 Å². The summed E-state index contributed by atoms with van der Waals surface area (Å²) in [4.78, 5) is 0. The number of ether oxygens (including phenoxy) is 6. The van der Waals surface area contributed by atoms with E-state index < -0.39 is 11.2 Å². The van der Waals surface area contributed by atoms with Gasteiger partial charge in [0, 0.05) is 34.8 Å². The van der Waals surface area contributed by atoms with E-state index in [1.165, 1.54) is 0 Å². The maximum Gasteiger partial charge on any atom is 0.181 e. The molecule has 0 radical (unpaired) electrons. The van der Waals surface area contributed by atoms with Crippen molar-refractivity contribution < 1.29 is 33.5 Å². The molecule has 5 aromatic carbocycles. The van der Waals surface area contributed by atoms with Crippen LogP contribution in [0, 0.1) is 0 Å². The molecule has 0 amide bonds. The van der Waals surface area contributed by atoms with Gasteiger partial charge in [-0.25, -0.2) is 0 Å². The van der Waals surface area contributed by atoms with Gasteiger partial charge in [-0.3, -0.25) is 0 Å². The van der Waals surface area contributed by atoms with Crippen molar-refractivity contribution in [3.05, 3.63) is 131 Å². The molecule has 2 aliphatic rings. The summed E-state index contributed by atoms with van der Waals surface area (Å²) < 4.78 is 38.3. The Morgan fingerprint density at radius 3 is 1.98 bits per heavy atom. The largest absolute Gasteiger partial charge is 0.493 e. The first-order valence-corrected chi connectivity index (χ1v) is 16.4. The summed E-state index contributed by atoms with van der Waals surface area (Å²) in [6.45, 7) is 5.40. The summed E-state index contributed by atoms with van der Waals surface area (Å²) in [6, 6.07) is 32.7. The number of methoxy groups -OCH3 is 2. The predicted molar refractivity (Wildman–Crippen MR) is 187 cm³/mol. The van der Waals surface area contributed by atoms with E-state index >= 15 is 0 Å². The van der Waals surface area contributed by atoms with Crippen LogP contribution in [-0.4, -0.2) is 52.4 Å². The molecule has 1 N–H and O–H groups in total. The van der Waals surface area contributed by atoms with Crippen LogP contribution >= 0.6 is 0 Å². The van der Waals surface area contributed by atoms with Crippen LogP contribution in [0.15, 0.2) is 103 Å². The molecule has 0 saturated heterocycles. The fraction of sp³-hybridized carbons (Fsp3) is 0.268. The molecule has 5 aromatic rings. The van der Waals surface area contributed by atoms with Crippen LogP contribution in [0.1, 0.15) is 41.7 Å². The Kier molecular flexibility index (Phi) is 8.60. The lowest BCUT2D eigenvalue weighted by Crippen LogP contribution is -2.37. The Morgan fingerprint density at radius 1 is 0.729 bits per heavy atom. The quantitative estimate of drug-likeness (QED) is 0.139. The highest BCUT2D eigenvalue weighted by atomic mass is 16.5. The van der Waals surface area contributed by atoms with Crippen molar-refractivity contribution in [3.8, 4) is 28.4 Å². The van der Waals surface area contributed by atoms with Gasteiger partial charge in [0.2, 0.25) is 0 Å². The second kappa shape index (κ2) is 13.0. The molecular formula is C41H40O7. The zero-order valence-corrected chi connectivity index (χ0v) is 27.7. The molecule has 7 rings (SSSR count). The third kappa shape index (κ3) is 5.01. The lowest BCUT2D eigenvalue weighted by atomic mass is 9.79. The molecule has 246 valence electrons. The van der Waals surface area contributed by atoms with Crippen molar-refractivity contribution in [3.63, 3.8) is 0 Å². The van der Waals surface area contributed by atoms with Gasteiger partial charge in [0.25, 0.3) is 0 Å². The maximum atomic E-state index is 9.98. The van der Waals surface area contributed by atoms with Gasteiger partial charge in [-0.15, -0.1) is 0 Å². The second-order valence-electron chi connectivity index (χ2n) is 12.0. The summed E-state index contributed by atoms with van der Waals surface area (Å²) in [5.41, 5.74) is 4.64. The minimum atomic E-state index is -1.04. The van der Waals surface area contributed by atoms with Crippen LogP contribution in [0.2, 0.25) is 0 Å². The van der Waals surface area contributed by atoms with Crippen molar-refractivity contribution in [2.75, 3.05) is 47.3 Å². The van der Waals surface area contributed by atoms with Crippen LogP contribution in [0.3, 0.4) is 0 Å². The third-order valence-corrected chi connectivity index (χ3v) is 9.37. The van der Waals surface area contributed by atoms with Crippen molar-refractivity contribution in [1.82, 2.24) is 0 Å². The molecule has 1 atom stereocenters. The third-order valence-electron chi connectivity index (χ3n) is 9.37. The first kappa shape index (κ1) is 31.8. The molecule has 1 unspecified atom stereocenters. The predicted octanol–water partition coefficient (Wildman–Crippen LogP) is 7.84. The first-order valence-electron chi connectivity index (χ1n) is 16.4. The summed E-state index contributed by atoms with van der Waals surface area (Å²) in [5.74, 6) is 2.48. The topological polar surface area (TPSA) is 75.6 Å². The Balaban J connectivity index is 1.63. The van der Waals surface area contributed by atoms with E-state index in [2.05, 4.69) is 49.4 Å². The highest BCUT2D eigenvalue weighted by Crippen LogP contribution is 2.61. The molecule has 48 heavy (non-hydrogen) atoms. The summed E-state index contributed by atoms with van der Waals surface area (Å²) in [6.07, 6.45) is 2.09. The Morgan fingerprint density at radius 2 is 1.35 bits per heavy atom. The van der Waals surface area contributed by atoms with E-state index in [9.17, 15) is 5.11 Å². The molecule has 1 heterocycles. The van der Waals surface area contributed by atoms with E-state index in [4.69, 9.17) is 28.4 Å². The van der Waals surface area contributed by atoms with E-state index in [1.807, 2.05) is 67.6 Å². The van der Waals surface area contributed by atoms with Crippen LogP contribution in [0.25, 0.3) is 27.7 Å². The minimum absolute atomic E-state index is 0.122.